The van der Waals surface area contributed by atoms with Crippen LogP contribution in [0.4, 0.5) is 4.79 Å². The largest absolute Gasteiger partial charge is 0.444 e. The van der Waals surface area contributed by atoms with E-state index in [2.05, 4.69) is 16.0 Å². The molecule has 5 N–H and O–H groups in total. The molecule has 3 amide bonds. The summed E-state index contributed by atoms with van der Waals surface area (Å²) in [7, 11) is 0. The summed E-state index contributed by atoms with van der Waals surface area (Å²) in [6.45, 7) is 14.1. The SMILES string of the molecule is CC(C)[C@@H](CNC(=O)c1ccc(C#N)cc1)NC(=O)OC(C)(C)C.CC(C)[C@H](N)CNC(=O)c1ccc(C#N)cc1.Cl. The minimum Gasteiger partial charge on any atom is -0.444 e. The smallest absolute Gasteiger partial charge is 0.407 e. The van der Waals surface area contributed by atoms with Crippen LogP contribution in [-0.2, 0) is 4.74 Å². The molecule has 42 heavy (non-hydrogen) atoms. The van der Waals surface area contributed by atoms with E-state index in [4.69, 9.17) is 21.0 Å². The second-order valence-corrected chi connectivity index (χ2v) is 11.2. The summed E-state index contributed by atoms with van der Waals surface area (Å²) in [6.07, 6.45) is -0.506. The number of rotatable bonds is 9. The van der Waals surface area contributed by atoms with Crippen molar-refractivity contribution in [2.75, 3.05) is 13.1 Å². The Labute approximate surface area is 255 Å². The molecule has 0 aromatic heterocycles. The van der Waals surface area contributed by atoms with Crippen LogP contribution in [0.3, 0.4) is 0 Å². The first-order valence-electron chi connectivity index (χ1n) is 13.5. The fraction of sp³-hybridized carbons (Fsp3) is 0.452. The van der Waals surface area contributed by atoms with E-state index in [0.717, 1.165) is 0 Å². The van der Waals surface area contributed by atoms with E-state index in [-0.39, 0.29) is 48.8 Å². The number of benzene rings is 2. The number of nitrogens with two attached hydrogens (primary N) is 1. The van der Waals surface area contributed by atoms with Gasteiger partial charge in [-0.15, -0.1) is 12.4 Å². The highest BCUT2D eigenvalue weighted by Gasteiger charge is 2.22. The second-order valence-electron chi connectivity index (χ2n) is 11.2. The highest BCUT2D eigenvalue weighted by Crippen LogP contribution is 2.09. The maximum atomic E-state index is 12.1. The Morgan fingerprint density at radius 2 is 1.19 bits per heavy atom. The zero-order valence-electron chi connectivity index (χ0n) is 25.4. The molecule has 2 rings (SSSR count). The lowest BCUT2D eigenvalue weighted by Gasteiger charge is -2.26. The molecule has 0 saturated carbocycles. The van der Waals surface area contributed by atoms with Crippen molar-refractivity contribution in [2.24, 2.45) is 17.6 Å². The molecule has 0 radical (unpaired) electrons. The van der Waals surface area contributed by atoms with E-state index in [9.17, 15) is 14.4 Å². The third-order valence-electron chi connectivity index (χ3n) is 5.90. The lowest BCUT2D eigenvalue weighted by molar-refractivity contribution is 0.0487. The predicted molar refractivity (Wildman–Crippen MR) is 165 cm³/mol. The lowest BCUT2D eigenvalue weighted by atomic mass is 10.0. The van der Waals surface area contributed by atoms with Gasteiger partial charge in [0.05, 0.1) is 29.3 Å². The van der Waals surface area contributed by atoms with Crippen molar-refractivity contribution in [3.8, 4) is 12.1 Å². The first kappa shape index (κ1) is 37.9. The summed E-state index contributed by atoms with van der Waals surface area (Å²) in [5.74, 6) is 0.0387. The fourth-order valence-electron chi connectivity index (χ4n) is 3.16. The molecule has 0 unspecified atom stereocenters. The van der Waals surface area contributed by atoms with Crippen LogP contribution in [-0.4, -0.2) is 48.7 Å². The lowest BCUT2D eigenvalue weighted by Crippen LogP contribution is -2.48. The highest BCUT2D eigenvalue weighted by molar-refractivity contribution is 5.94. The summed E-state index contributed by atoms with van der Waals surface area (Å²) in [6, 6.07) is 16.6. The van der Waals surface area contributed by atoms with E-state index in [0.29, 0.717) is 34.7 Å². The Morgan fingerprint density at radius 1 is 0.786 bits per heavy atom. The van der Waals surface area contributed by atoms with Gasteiger partial charge in [-0.2, -0.15) is 10.5 Å². The van der Waals surface area contributed by atoms with Crippen molar-refractivity contribution < 1.29 is 19.1 Å². The van der Waals surface area contributed by atoms with Crippen molar-refractivity contribution in [1.29, 1.82) is 10.5 Å². The molecule has 0 bridgehead atoms. The average Bonchev–Trinajstić information content (AvgIpc) is 2.92. The Morgan fingerprint density at radius 3 is 1.52 bits per heavy atom. The molecule has 228 valence electrons. The number of nitrogens with zero attached hydrogens (tertiary/aromatic N) is 2. The number of hydrogen-bond donors (Lipinski definition) is 4. The van der Waals surface area contributed by atoms with Gasteiger partial charge in [-0.25, -0.2) is 4.79 Å². The van der Waals surface area contributed by atoms with Gasteiger partial charge < -0.3 is 26.4 Å². The van der Waals surface area contributed by atoms with Crippen molar-refractivity contribution in [2.45, 2.75) is 66.2 Å². The molecule has 10 nitrogen and oxygen atoms in total. The number of amides is 3. The van der Waals surface area contributed by atoms with Crippen molar-refractivity contribution in [3.05, 3.63) is 70.8 Å². The van der Waals surface area contributed by atoms with Crippen LogP contribution in [0.25, 0.3) is 0 Å². The summed E-state index contributed by atoms with van der Waals surface area (Å²) in [5.41, 5.74) is 7.31. The molecule has 2 aromatic carbocycles. The van der Waals surface area contributed by atoms with E-state index < -0.39 is 11.7 Å². The van der Waals surface area contributed by atoms with Gasteiger partial charge in [0.1, 0.15) is 5.60 Å². The summed E-state index contributed by atoms with van der Waals surface area (Å²) in [4.78, 5) is 35.8. The van der Waals surface area contributed by atoms with Crippen LogP contribution in [0.1, 0.15) is 80.3 Å². The number of hydrogen-bond acceptors (Lipinski definition) is 7. The zero-order chi connectivity index (χ0) is 31.2. The van der Waals surface area contributed by atoms with Crippen LogP contribution in [0, 0.1) is 34.5 Å². The number of nitriles is 2. The molecule has 11 heteroatoms. The summed E-state index contributed by atoms with van der Waals surface area (Å²) < 4.78 is 5.24. The Kier molecular flexibility index (Phi) is 16.5. The average molecular weight is 599 g/mol. The number of nitrogens with one attached hydrogen (secondary N) is 3. The highest BCUT2D eigenvalue weighted by atomic mass is 35.5. The molecule has 0 saturated heterocycles. The van der Waals surface area contributed by atoms with Gasteiger partial charge in [0, 0.05) is 30.3 Å². The number of halogens is 1. The van der Waals surface area contributed by atoms with Crippen LogP contribution < -0.4 is 21.7 Å². The number of carbonyl (C=O) groups excluding carboxylic acids is 3. The Bertz CT molecular complexity index is 1230. The van der Waals surface area contributed by atoms with Gasteiger partial charge in [-0.05, 0) is 81.1 Å². The molecule has 0 aliphatic rings. The molecule has 0 aliphatic heterocycles. The minimum atomic E-state index is -0.572. The molecule has 0 aliphatic carbocycles. The number of alkyl carbamates (subject to hydrolysis) is 1. The van der Waals surface area contributed by atoms with Crippen molar-refractivity contribution in [3.63, 3.8) is 0 Å². The van der Waals surface area contributed by atoms with Gasteiger partial charge in [0.2, 0.25) is 0 Å². The quantitative estimate of drug-likeness (QED) is 0.328. The third-order valence-corrected chi connectivity index (χ3v) is 5.90. The minimum absolute atomic E-state index is 0. The van der Waals surface area contributed by atoms with Gasteiger partial charge in [0.25, 0.3) is 11.8 Å². The van der Waals surface area contributed by atoms with Crippen LogP contribution in [0.15, 0.2) is 48.5 Å². The van der Waals surface area contributed by atoms with E-state index in [1.807, 2.05) is 39.8 Å². The van der Waals surface area contributed by atoms with E-state index in [1.165, 1.54) is 0 Å². The molecular weight excluding hydrogens is 556 g/mol. The fourth-order valence-corrected chi connectivity index (χ4v) is 3.16. The van der Waals surface area contributed by atoms with Gasteiger partial charge >= 0.3 is 6.09 Å². The maximum Gasteiger partial charge on any atom is 0.407 e. The molecule has 2 atom stereocenters. The second kappa shape index (κ2) is 18.3. The normalized spacial score (nSPS) is 11.8. The van der Waals surface area contributed by atoms with Crippen molar-refractivity contribution >= 4 is 30.3 Å². The number of ether oxygens (including phenoxy) is 1. The number of carbonyl (C=O) groups is 3. The Hall–Kier alpha value is -4.12. The summed E-state index contributed by atoms with van der Waals surface area (Å²) >= 11 is 0. The van der Waals surface area contributed by atoms with Crippen LogP contribution in [0.5, 0.6) is 0 Å². The standard InChI is InChI=1S/C18H25N3O3.C13H17N3O.ClH/c1-12(2)15(21-17(23)24-18(3,4)5)11-20-16(22)14-8-6-13(10-19)7-9-14;1-9(2)12(15)8-16-13(17)11-5-3-10(7-14)4-6-11;/h6-9,12,15H,11H2,1-5H3,(H,20,22)(H,21,23);3-6,9,12H,8,15H2,1-2H3,(H,16,17);1H/t15-;12-;/m11./s1. The first-order chi connectivity index (χ1) is 19.2. The zero-order valence-corrected chi connectivity index (χ0v) is 26.2. The monoisotopic (exact) mass is 598 g/mol. The van der Waals surface area contributed by atoms with E-state index in [1.54, 1.807) is 69.3 Å². The molecule has 0 spiro atoms. The van der Waals surface area contributed by atoms with Gasteiger partial charge in [-0.1, -0.05) is 27.7 Å². The Balaban J connectivity index is 0.000000825. The third kappa shape index (κ3) is 14.5. The molecule has 0 fully saturated rings. The summed E-state index contributed by atoms with van der Waals surface area (Å²) in [5, 5.41) is 25.7. The van der Waals surface area contributed by atoms with Crippen LogP contribution >= 0.6 is 12.4 Å². The topological polar surface area (TPSA) is 170 Å². The van der Waals surface area contributed by atoms with Crippen molar-refractivity contribution in [1.82, 2.24) is 16.0 Å². The molecule has 2 aromatic rings. The molecular formula is C31H43ClN6O4. The van der Waals surface area contributed by atoms with Gasteiger partial charge in [-0.3, -0.25) is 9.59 Å². The maximum absolute atomic E-state index is 12.1. The van der Waals surface area contributed by atoms with E-state index >= 15 is 0 Å². The van der Waals surface area contributed by atoms with Gasteiger partial charge in [0.15, 0.2) is 0 Å². The van der Waals surface area contributed by atoms with Crippen LogP contribution in [0.2, 0.25) is 0 Å². The predicted octanol–water partition coefficient (Wildman–Crippen LogP) is 4.53. The first-order valence-corrected chi connectivity index (χ1v) is 13.5. The molecule has 0 heterocycles.